The molecule has 2 spiro atoms. The van der Waals surface area contributed by atoms with Crippen LogP contribution in [0.2, 0.25) is 0 Å². The lowest BCUT2D eigenvalue weighted by Gasteiger charge is -2.63. The van der Waals surface area contributed by atoms with Crippen LogP contribution in [0.15, 0.2) is 9.98 Å². The van der Waals surface area contributed by atoms with Crippen LogP contribution < -0.4 is 43.8 Å². The molecule has 6 heterocycles. The van der Waals surface area contributed by atoms with E-state index in [9.17, 15) is 4.79 Å². The van der Waals surface area contributed by atoms with Crippen molar-refractivity contribution in [3.8, 4) is 0 Å². The minimum Gasteiger partial charge on any atom is -0.369 e. The lowest BCUT2D eigenvalue weighted by molar-refractivity contribution is -0.147. The molecule has 6 aliphatic heterocycles. The smallest absolute Gasteiger partial charge is 0.220 e. The topological polar surface area (TPSA) is 183 Å². The minimum atomic E-state index is -0.130. The van der Waals surface area contributed by atoms with Gasteiger partial charge in [-0.3, -0.25) is 25.0 Å². The summed E-state index contributed by atoms with van der Waals surface area (Å²) >= 11 is 0. The van der Waals surface area contributed by atoms with Crippen LogP contribution in [0.5, 0.6) is 0 Å². The molecule has 0 aromatic rings. The number of hydrogen-bond donors (Lipinski definition) is 8. The zero-order chi connectivity index (χ0) is 46.6. The number of likely N-dealkylation sites (tertiary alicyclic amines) is 1. The van der Waals surface area contributed by atoms with E-state index in [1.54, 1.807) is 51.4 Å². The first-order valence-corrected chi connectivity index (χ1v) is 30.6. The Hall–Kier alpha value is -1.83. The van der Waals surface area contributed by atoms with E-state index in [1.807, 2.05) is 12.7 Å². The maximum Gasteiger partial charge on any atom is 0.220 e. The van der Waals surface area contributed by atoms with Gasteiger partial charge in [-0.25, -0.2) is 0 Å². The average Bonchev–Trinajstić information content (AvgIpc) is 4.01. The normalized spacial score (nSPS) is 58.4. The van der Waals surface area contributed by atoms with Gasteiger partial charge >= 0.3 is 0 Å². The predicted molar refractivity (Wildman–Crippen MR) is 276 cm³/mol. The number of piperidine rings is 2. The van der Waals surface area contributed by atoms with Gasteiger partial charge in [-0.1, -0.05) is 0 Å². The van der Waals surface area contributed by atoms with Crippen LogP contribution in [0.3, 0.4) is 0 Å². The molecule has 9 saturated carbocycles. The van der Waals surface area contributed by atoms with Crippen molar-refractivity contribution in [2.24, 2.45) is 139 Å². The second-order valence-electron chi connectivity index (χ2n) is 28.4. The number of rotatable bonds is 6. The van der Waals surface area contributed by atoms with Crippen LogP contribution in [0.4, 0.5) is 0 Å². The SMILES string of the molecule is NC(=O)C1CC(N2CC(C3CCC4CCC(C5CCC6(CC5)C5CC7CCC8CCC(C9CCC%10CCC(C%11CNC%12N=CNC(N)C%12%11)CC%10N9)CCC8C76C6CCC56)NC4C3)C3C(N)NC=NC32)C1. The van der Waals surface area contributed by atoms with E-state index in [0.717, 1.165) is 97.1 Å². The maximum absolute atomic E-state index is 12.0. The standard InChI is InChI=1S/C58H93N11O/c59-52-50-41(26-62-55(50)65-28-63-52)35-5-3-32-9-15-46(67-48(32)23-35)31-2-1-30-7-11-38-25-45-40-12-14-44(40)58(38,43(30)13-8-31)57(45)19-17-34(18-20-57)47-16-10-33-4-6-36(24-49(33)68-47)42-27-69(39-21-37(22-39)54(61)70)56-51(42)53(60)64-29-66-56/h28-53,55-56,62,67-68H,1-27,59-60H2,(H2,61,70)(H,63,65)(H,64,66). The summed E-state index contributed by atoms with van der Waals surface area (Å²) in [7, 11) is 0. The van der Waals surface area contributed by atoms with E-state index in [2.05, 4.69) is 31.5 Å². The first-order valence-electron chi connectivity index (χ1n) is 30.6. The zero-order valence-electron chi connectivity index (χ0n) is 42.7. The Balaban J connectivity index is 0.609. The average molecular weight is 960 g/mol. The fourth-order valence-corrected chi connectivity index (χ4v) is 23.8. The Bertz CT molecular complexity index is 2030. The Morgan fingerprint density at radius 3 is 1.83 bits per heavy atom. The van der Waals surface area contributed by atoms with Gasteiger partial charge in [0, 0.05) is 61.1 Å². The van der Waals surface area contributed by atoms with Crippen LogP contribution in [0, 0.1) is 111 Å². The molecule has 1 amide bonds. The van der Waals surface area contributed by atoms with Gasteiger partial charge in [-0.15, -0.1) is 0 Å². The molecule has 70 heavy (non-hydrogen) atoms. The molecule has 386 valence electrons. The third-order valence-corrected chi connectivity index (χ3v) is 26.8. The van der Waals surface area contributed by atoms with E-state index in [1.165, 1.54) is 96.3 Å². The summed E-state index contributed by atoms with van der Waals surface area (Å²) in [5, 5.41) is 19.6. The Morgan fingerprint density at radius 2 is 1.13 bits per heavy atom. The molecule has 24 atom stereocenters. The van der Waals surface area contributed by atoms with Crippen LogP contribution >= 0.6 is 0 Å². The van der Waals surface area contributed by atoms with Gasteiger partial charge in [0.25, 0.3) is 0 Å². The summed E-state index contributed by atoms with van der Waals surface area (Å²) in [4.78, 5) is 24.4. The molecular formula is C58H93N11O. The van der Waals surface area contributed by atoms with E-state index in [0.29, 0.717) is 64.6 Å². The van der Waals surface area contributed by atoms with Gasteiger partial charge in [-0.2, -0.15) is 0 Å². The number of hydrogen-bond acceptors (Lipinski definition) is 11. The lowest BCUT2D eigenvalue weighted by atomic mass is 9.42. The number of amides is 1. The van der Waals surface area contributed by atoms with Gasteiger partial charge in [0.05, 0.1) is 25.0 Å². The van der Waals surface area contributed by atoms with Crippen LogP contribution in [0.25, 0.3) is 0 Å². The van der Waals surface area contributed by atoms with Crippen molar-refractivity contribution in [1.29, 1.82) is 0 Å². The molecule has 0 aromatic carbocycles. The summed E-state index contributed by atoms with van der Waals surface area (Å²) < 4.78 is 0. The van der Waals surface area contributed by atoms with Crippen molar-refractivity contribution < 1.29 is 4.79 Å². The van der Waals surface area contributed by atoms with Gasteiger partial charge in [0.2, 0.25) is 5.91 Å². The van der Waals surface area contributed by atoms with Gasteiger partial charge in [-0.05, 0) is 254 Å². The molecule has 0 radical (unpaired) electrons. The summed E-state index contributed by atoms with van der Waals surface area (Å²) in [5.74, 6) is 13.0. The van der Waals surface area contributed by atoms with Gasteiger partial charge < -0.3 is 38.5 Å². The molecule has 11 N–H and O–H groups in total. The van der Waals surface area contributed by atoms with Crippen LogP contribution in [0.1, 0.15) is 161 Å². The number of fused-ring (bicyclic) bond motifs is 7. The number of nitrogens with zero attached hydrogens (tertiary/aromatic N) is 3. The first-order chi connectivity index (χ1) is 34.3. The second-order valence-corrected chi connectivity index (χ2v) is 28.4. The summed E-state index contributed by atoms with van der Waals surface area (Å²) in [6.07, 6.45) is 39.8. The molecular weight excluding hydrogens is 867 g/mol. The first kappa shape index (κ1) is 45.6. The van der Waals surface area contributed by atoms with Gasteiger partial charge in [0.1, 0.15) is 12.3 Å². The fraction of sp³-hybridized carbons (Fsp3) is 0.948. The molecule has 4 saturated heterocycles. The molecule has 12 nitrogen and oxygen atoms in total. The molecule has 2 bridgehead atoms. The number of nitrogens with one attached hydrogen (secondary N) is 5. The monoisotopic (exact) mass is 960 g/mol. The Labute approximate surface area is 420 Å². The minimum absolute atomic E-state index is 0.0294. The number of carbonyl (C=O) groups is 1. The second kappa shape index (κ2) is 17.4. The largest absolute Gasteiger partial charge is 0.369 e. The zero-order valence-corrected chi connectivity index (χ0v) is 42.7. The van der Waals surface area contributed by atoms with Crippen molar-refractivity contribution in [3.05, 3.63) is 0 Å². The molecule has 0 aromatic heterocycles. The molecule has 13 fully saturated rings. The highest BCUT2D eigenvalue weighted by Crippen LogP contribution is 2.86. The van der Waals surface area contributed by atoms with Crippen molar-refractivity contribution in [2.45, 2.75) is 215 Å². The summed E-state index contributed by atoms with van der Waals surface area (Å²) in [5.41, 5.74) is 20.7. The Morgan fingerprint density at radius 1 is 0.543 bits per heavy atom. The molecule has 24 unspecified atom stereocenters. The number of primary amides is 1. The Kier molecular flexibility index (Phi) is 11.3. The summed E-state index contributed by atoms with van der Waals surface area (Å²) in [6.45, 7) is 2.16. The predicted octanol–water partition coefficient (Wildman–Crippen LogP) is 6.25. The summed E-state index contributed by atoms with van der Waals surface area (Å²) in [6, 6.07) is 3.22. The van der Waals surface area contributed by atoms with E-state index >= 15 is 0 Å². The van der Waals surface area contributed by atoms with Crippen LogP contribution in [-0.2, 0) is 4.79 Å². The highest BCUT2D eigenvalue weighted by Gasteiger charge is 2.79. The van der Waals surface area contributed by atoms with E-state index in [-0.39, 0.29) is 36.5 Å². The highest BCUT2D eigenvalue weighted by atomic mass is 16.1. The van der Waals surface area contributed by atoms with Crippen molar-refractivity contribution in [1.82, 2.24) is 31.5 Å². The van der Waals surface area contributed by atoms with Crippen molar-refractivity contribution in [2.75, 3.05) is 13.1 Å². The number of aliphatic imine (C=N–C) groups is 2. The molecule has 15 rings (SSSR count). The molecule has 15 aliphatic rings. The van der Waals surface area contributed by atoms with Crippen molar-refractivity contribution in [3.63, 3.8) is 0 Å². The highest BCUT2D eigenvalue weighted by molar-refractivity contribution is 5.77. The van der Waals surface area contributed by atoms with Crippen LogP contribution in [-0.4, -0.2) is 91.4 Å². The third-order valence-electron chi connectivity index (χ3n) is 26.8. The quantitative estimate of drug-likeness (QED) is 0.153. The lowest BCUT2D eigenvalue weighted by Crippen LogP contribution is -2.58. The molecule has 12 heteroatoms. The van der Waals surface area contributed by atoms with Crippen molar-refractivity contribution >= 4 is 18.6 Å². The molecule has 9 aliphatic carbocycles. The number of nitrogens with two attached hydrogens (primary N) is 3. The van der Waals surface area contributed by atoms with E-state index in [4.69, 9.17) is 27.2 Å². The fourth-order valence-electron chi connectivity index (χ4n) is 23.8. The van der Waals surface area contributed by atoms with E-state index < -0.39 is 0 Å². The maximum atomic E-state index is 12.0. The third kappa shape index (κ3) is 6.74. The number of carbonyl (C=O) groups excluding carboxylic acids is 1. The van der Waals surface area contributed by atoms with Gasteiger partial charge in [0.15, 0.2) is 0 Å².